The highest BCUT2D eigenvalue weighted by atomic mass is 16.3. The van der Waals surface area contributed by atoms with Crippen molar-refractivity contribution in [3.63, 3.8) is 0 Å². The SMILES string of the molecule is Cc1c(NN)nc(C(C)(C)C)nc1NCC(C)CO. The predicted octanol–water partition coefficient (Wildman–Crippen LogP) is 1.41. The number of rotatable bonds is 5. The zero-order valence-electron chi connectivity index (χ0n) is 12.4. The Morgan fingerprint density at radius 3 is 2.32 bits per heavy atom. The van der Waals surface area contributed by atoms with Crippen molar-refractivity contribution in [2.75, 3.05) is 23.9 Å². The Kier molecular flexibility index (Phi) is 5.08. The van der Waals surface area contributed by atoms with E-state index in [-0.39, 0.29) is 17.9 Å². The number of nitrogens with two attached hydrogens (primary N) is 1. The quantitative estimate of drug-likeness (QED) is 0.476. The normalized spacial score (nSPS) is 13.2. The van der Waals surface area contributed by atoms with Gasteiger partial charge in [-0.15, -0.1) is 0 Å². The Labute approximate surface area is 114 Å². The summed E-state index contributed by atoms with van der Waals surface area (Å²) in [6, 6.07) is 0. The summed E-state index contributed by atoms with van der Waals surface area (Å²) in [7, 11) is 0. The molecule has 1 heterocycles. The molecule has 6 heteroatoms. The fraction of sp³-hybridized carbons (Fsp3) is 0.692. The van der Waals surface area contributed by atoms with Gasteiger partial charge in [-0.05, 0) is 12.8 Å². The third-order valence-corrected chi connectivity index (χ3v) is 2.88. The molecule has 1 aromatic heterocycles. The average molecular weight is 267 g/mol. The topological polar surface area (TPSA) is 96.1 Å². The number of nitrogens with zero attached hydrogens (tertiary/aromatic N) is 2. The Bertz CT molecular complexity index is 428. The molecule has 5 N–H and O–H groups in total. The number of hydrazine groups is 1. The molecule has 0 fully saturated rings. The van der Waals surface area contributed by atoms with E-state index in [0.29, 0.717) is 12.4 Å². The van der Waals surface area contributed by atoms with Crippen LogP contribution in [0.2, 0.25) is 0 Å². The van der Waals surface area contributed by atoms with E-state index in [2.05, 4.69) is 41.5 Å². The molecule has 0 aromatic carbocycles. The Morgan fingerprint density at radius 1 is 1.26 bits per heavy atom. The van der Waals surface area contributed by atoms with Crippen molar-refractivity contribution < 1.29 is 5.11 Å². The summed E-state index contributed by atoms with van der Waals surface area (Å²) in [6.45, 7) is 10.8. The predicted molar refractivity (Wildman–Crippen MR) is 78.0 cm³/mol. The van der Waals surface area contributed by atoms with Gasteiger partial charge in [0, 0.05) is 24.1 Å². The average Bonchev–Trinajstić information content (AvgIpc) is 2.35. The molecular formula is C13H25N5O. The second-order valence-corrected chi connectivity index (χ2v) is 5.93. The van der Waals surface area contributed by atoms with E-state index in [1.807, 2.05) is 13.8 Å². The number of aliphatic hydroxyl groups excluding tert-OH is 1. The van der Waals surface area contributed by atoms with E-state index in [0.717, 1.165) is 17.2 Å². The van der Waals surface area contributed by atoms with Gasteiger partial charge in [0.1, 0.15) is 17.5 Å². The van der Waals surface area contributed by atoms with Gasteiger partial charge in [0.25, 0.3) is 0 Å². The molecule has 19 heavy (non-hydrogen) atoms. The van der Waals surface area contributed by atoms with Crippen molar-refractivity contribution in [3.8, 4) is 0 Å². The van der Waals surface area contributed by atoms with Crippen LogP contribution in [0.1, 0.15) is 39.1 Å². The standard InChI is InChI=1S/C13H25N5O/c1-8(7-19)6-15-10-9(2)11(18-14)17-12(16-10)13(3,4)5/h8,19H,6-7,14H2,1-5H3,(H2,15,16,17,18). The Morgan fingerprint density at radius 2 is 1.84 bits per heavy atom. The maximum atomic E-state index is 9.06. The molecular weight excluding hydrogens is 242 g/mol. The van der Waals surface area contributed by atoms with Gasteiger partial charge in [-0.3, -0.25) is 0 Å². The molecule has 1 aromatic rings. The first kappa shape index (κ1) is 15.7. The smallest absolute Gasteiger partial charge is 0.148 e. The molecule has 1 unspecified atom stereocenters. The van der Waals surface area contributed by atoms with Crippen molar-refractivity contribution in [2.24, 2.45) is 11.8 Å². The van der Waals surface area contributed by atoms with E-state index in [1.54, 1.807) is 0 Å². The molecule has 0 radical (unpaired) electrons. The molecule has 1 rings (SSSR count). The van der Waals surface area contributed by atoms with Crippen molar-refractivity contribution in [1.82, 2.24) is 9.97 Å². The van der Waals surface area contributed by atoms with Crippen LogP contribution in [-0.2, 0) is 5.41 Å². The summed E-state index contributed by atoms with van der Waals surface area (Å²) in [6.07, 6.45) is 0. The van der Waals surface area contributed by atoms with Crippen LogP contribution in [0.25, 0.3) is 0 Å². The largest absolute Gasteiger partial charge is 0.396 e. The molecule has 0 amide bonds. The van der Waals surface area contributed by atoms with Gasteiger partial charge < -0.3 is 15.8 Å². The summed E-state index contributed by atoms with van der Waals surface area (Å²) in [5.74, 6) is 7.78. The van der Waals surface area contributed by atoms with Gasteiger partial charge in [0.05, 0.1) is 0 Å². The first-order valence-corrected chi connectivity index (χ1v) is 6.50. The highest BCUT2D eigenvalue weighted by Gasteiger charge is 2.21. The fourth-order valence-corrected chi connectivity index (χ4v) is 1.50. The van der Waals surface area contributed by atoms with E-state index >= 15 is 0 Å². The van der Waals surface area contributed by atoms with Crippen LogP contribution in [-0.4, -0.2) is 28.2 Å². The highest BCUT2D eigenvalue weighted by Crippen LogP contribution is 2.25. The summed E-state index contributed by atoms with van der Waals surface area (Å²) < 4.78 is 0. The minimum Gasteiger partial charge on any atom is -0.396 e. The second-order valence-electron chi connectivity index (χ2n) is 5.93. The van der Waals surface area contributed by atoms with Crippen LogP contribution in [0.5, 0.6) is 0 Å². The van der Waals surface area contributed by atoms with Gasteiger partial charge in [-0.2, -0.15) is 0 Å². The number of hydrogen-bond donors (Lipinski definition) is 4. The first-order valence-electron chi connectivity index (χ1n) is 6.50. The lowest BCUT2D eigenvalue weighted by Crippen LogP contribution is -2.23. The molecule has 1 atom stereocenters. The van der Waals surface area contributed by atoms with Gasteiger partial charge in [-0.1, -0.05) is 27.7 Å². The molecule has 0 spiro atoms. The van der Waals surface area contributed by atoms with Crippen molar-refractivity contribution in [2.45, 2.75) is 40.0 Å². The number of aliphatic hydroxyl groups is 1. The summed E-state index contributed by atoms with van der Waals surface area (Å²) in [4.78, 5) is 8.99. The monoisotopic (exact) mass is 267 g/mol. The number of hydrogen-bond acceptors (Lipinski definition) is 6. The third-order valence-electron chi connectivity index (χ3n) is 2.88. The van der Waals surface area contributed by atoms with Gasteiger partial charge >= 0.3 is 0 Å². The number of nitrogens with one attached hydrogen (secondary N) is 2. The molecule has 0 bridgehead atoms. The minimum atomic E-state index is -0.154. The number of aromatic nitrogens is 2. The number of nitrogen functional groups attached to an aromatic ring is 1. The molecule has 0 aliphatic heterocycles. The van der Waals surface area contributed by atoms with Crippen LogP contribution >= 0.6 is 0 Å². The minimum absolute atomic E-state index is 0.144. The van der Waals surface area contributed by atoms with E-state index < -0.39 is 0 Å². The van der Waals surface area contributed by atoms with Crippen LogP contribution < -0.4 is 16.6 Å². The molecule has 108 valence electrons. The lowest BCUT2D eigenvalue weighted by atomic mass is 9.95. The molecule has 0 saturated heterocycles. The first-order chi connectivity index (χ1) is 8.79. The summed E-state index contributed by atoms with van der Waals surface area (Å²) >= 11 is 0. The van der Waals surface area contributed by atoms with Gasteiger partial charge in [0.15, 0.2) is 0 Å². The summed E-state index contributed by atoms with van der Waals surface area (Å²) in [5, 5.41) is 12.3. The van der Waals surface area contributed by atoms with E-state index in [9.17, 15) is 0 Å². The maximum absolute atomic E-state index is 9.06. The van der Waals surface area contributed by atoms with Crippen molar-refractivity contribution in [3.05, 3.63) is 11.4 Å². The van der Waals surface area contributed by atoms with Gasteiger partial charge in [0.2, 0.25) is 0 Å². The van der Waals surface area contributed by atoms with Gasteiger partial charge in [-0.25, -0.2) is 15.8 Å². The van der Waals surface area contributed by atoms with Crippen molar-refractivity contribution in [1.29, 1.82) is 0 Å². The van der Waals surface area contributed by atoms with Crippen molar-refractivity contribution >= 4 is 11.6 Å². The van der Waals surface area contributed by atoms with E-state index in [1.165, 1.54) is 0 Å². The molecule has 0 aliphatic carbocycles. The zero-order chi connectivity index (χ0) is 14.6. The molecule has 0 saturated carbocycles. The van der Waals surface area contributed by atoms with Crippen LogP contribution in [0.3, 0.4) is 0 Å². The van der Waals surface area contributed by atoms with Crippen LogP contribution in [0.4, 0.5) is 11.6 Å². The number of anilines is 2. The second kappa shape index (κ2) is 6.16. The molecule has 6 nitrogen and oxygen atoms in total. The zero-order valence-corrected chi connectivity index (χ0v) is 12.4. The third kappa shape index (κ3) is 4.04. The molecule has 0 aliphatic rings. The maximum Gasteiger partial charge on any atom is 0.148 e. The van der Waals surface area contributed by atoms with Crippen LogP contribution in [0, 0.1) is 12.8 Å². The van der Waals surface area contributed by atoms with Crippen LogP contribution in [0.15, 0.2) is 0 Å². The Balaban J connectivity index is 3.08. The summed E-state index contributed by atoms with van der Waals surface area (Å²) in [5.41, 5.74) is 3.33. The highest BCUT2D eigenvalue weighted by molar-refractivity contribution is 5.57. The van der Waals surface area contributed by atoms with E-state index in [4.69, 9.17) is 10.9 Å². The fourth-order valence-electron chi connectivity index (χ4n) is 1.50. The lowest BCUT2D eigenvalue weighted by molar-refractivity contribution is 0.244. The Hall–Kier alpha value is -1.40. The lowest BCUT2D eigenvalue weighted by Gasteiger charge is -2.21.